The third-order valence-corrected chi connectivity index (χ3v) is 5.88. The standard InChI is InChI=1S/C29H27ClN2O3/c1-18-14-21-8-6-19(7-13-23-16-31-17-32(23)5)15-24(21)26(20-9-11-22(30)12-10-20)25(18)27(28(33)34)35-29(2,3)4/h6,8-12,14-17,27H,1-5H3,(H,33,34). The van der Waals surface area contributed by atoms with Crippen LogP contribution in [0.4, 0.5) is 0 Å². The molecular weight excluding hydrogens is 460 g/mol. The highest BCUT2D eigenvalue weighted by Gasteiger charge is 2.31. The maximum atomic E-state index is 12.5. The maximum Gasteiger partial charge on any atom is 0.337 e. The van der Waals surface area contributed by atoms with Gasteiger partial charge in [-0.1, -0.05) is 41.8 Å². The summed E-state index contributed by atoms with van der Waals surface area (Å²) in [6, 6.07) is 15.4. The number of carbonyl (C=O) groups is 1. The topological polar surface area (TPSA) is 64.4 Å². The second-order valence-electron chi connectivity index (χ2n) is 9.51. The Morgan fingerprint density at radius 2 is 1.83 bits per heavy atom. The second-order valence-corrected chi connectivity index (χ2v) is 9.95. The molecule has 35 heavy (non-hydrogen) atoms. The Bertz CT molecular complexity index is 1470. The van der Waals surface area contributed by atoms with Gasteiger partial charge in [0.2, 0.25) is 0 Å². The van der Waals surface area contributed by atoms with E-state index < -0.39 is 17.7 Å². The Morgan fingerprint density at radius 3 is 2.43 bits per heavy atom. The van der Waals surface area contributed by atoms with Crippen molar-refractivity contribution >= 4 is 28.3 Å². The number of imidazole rings is 1. The number of rotatable bonds is 4. The van der Waals surface area contributed by atoms with Crippen molar-refractivity contribution < 1.29 is 14.6 Å². The number of aliphatic carboxylic acids is 1. The van der Waals surface area contributed by atoms with Crippen molar-refractivity contribution in [2.75, 3.05) is 0 Å². The van der Waals surface area contributed by atoms with Crippen LogP contribution in [0.25, 0.3) is 21.9 Å². The van der Waals surface area contributed by atoms with Crippen molar-refractivity contribution in [3.8, 4) is 23.0 Å². The molecule has 0 saturated heterocycles. The fourth-order valence-corrected chi connectivity index (χ4v) is 4.22. The van der Waals surface area contributed by atoms with Crippen LogP contribution >= 0.6 is 11.6 Å². The van der Waals surface area contributed by atoms with E-state index in [9.17, 15) is 9.90 Å². The minimum absolute atomic E-state index is 0.607. The summed E-state index contributed by atoms with van der Waals surface area (Å²) >= 11 is 6.17. The molecule has 0 fully saturated rings. The molecule has 4 aromatic rings. The summed E-state index contributed by atoms with van der Waals surface area (Å²) in [6.07, 6.45) is 2.28. The number of fused-ring (bicyclic) bond motifs is 1. The molecule has 1 heterocycles. The van der Waals surface area contributed by atoms with Gasteiger partial charge in [0.15, 0.2) is 6.10 Å². The predicted octanol–water partition coefficient (Wildman–Crippen LogP) is 6.54. The summed E-state index contributed by atoms with van der Waals surface area (Å²) in [7, 11) is 1.90. The molecule has 0 spiro atoms. The normalized spacial score (nSPS) is 12.3. The van der Waals surface area contributed by atoms with E-state index in [1.807, 2.05) is 75.7 Å². The Kier molecular flexibility index (Phi) is 6.71. The van der Waals surface area contributed by atoms with Crippen LogP contribution in [0.15, 0.2) is 61.1 Å². The van der Waals surface area contributed by atoms with Crippen molar-refractivity contribution in [3.05, 3.63) is 88.5 Å². The van der Waals surface area contributed by atoms with Crippen LogP contribution in [0.3, 0.4) is 0 Å². The maximum absolute atomic E-state index is 12.5. The molecule has 0 aliphatic carbocycles. The fraction of sp³-hybridized carbons (Fsp3) is 0.241. The van der Waals surface area contributed by atoms with Gasteiger partial charge in [0.25, 0.3) is 0 Å². The first-order chi connectivity index (χ1) is 16.5. The molecule has 1 N–H and O–H groups in total. The van der Waals surface area contributed by atoms with Gasteiger partial charge in [-0.2, -0.15) is 0 Å². The van der Waals surface area contributed by atoms with Crippen molar-refractivity contribution in [2.24, 2.45) is 7.05 Å². The number of ether oxygens (including phenoxy) is 1. The number of carboxylic acid groups (broad SMARTS) is 1. The molecule has 0 aliphatic heterocycles. The van der Waals surface area contributed by atoms with E-state index in [0.29, 0.717) is 10.6 Å². The zero-order valence-electron chi connectivity index (χ0n) is 20.4. The number of benzene rings is 3. The van der Waals surface area contributed by atoms with Gasteiger partial charge in [-0.3, -0.25) is 0 Å². The van der Waals surface area contributed by atoms with Crippen LogP contribution in [0, 0.1) is 18.8 Å². The molecule has 1 aromatic heterocycles. The molecule has 1 atom stereocenters. The number of carboxylic acids is 1. The van der Waals surface area contributed by atoms with Gasteiger partial charge in [0.05, 0.1) is 18.1 Å². The van der Waals surface area contributed by atoms with Gasteiger partial charge in [-0.15, -0.1) is 0 Å². The minimum atomic E-state index is -1.14. The summed E-state index contributed by atoms with van der Waals surface area (Å²) in [4.78, 5) is 16.6. The lowest BCUT2D eigenvalue weighted by Crippen LogP contribution is -2.28. The van der Waals surface area contributed by atoms with Crippen LogP contribution in [-0.4, -0.2) is 26.2 Å². The summed E-state index contributed by atoms with van der Waals surface area (Å²) in [5, 5.41) is 12.7. The van der Waals surface area contributed by atoms with Crippen LogP contribution in [0.5, 0.6) is 0 Å². The molecule has 0 radical (unpaired) electrons. The molecule has 0 bridgehead atoms. The van der Waals surface area contributed by atoms with Crippen LogP contribution in [-0.2, 0) is 16.6 Å². The van der Waals surface area contributed by atoms with Crippen molar-refractivity contribution in [1.82, 2.24) is 9.55 Å². The van der Waals surface area contributed by atoms with Gasteiger partial charge in [0.1, 0.15) is 5.69 Å². The van der Waals surface area contributed by atoms with Gasteiger partial charge >= 0.3 is 5.97 Å². The van der Waals surface area contributed by atoms with Crippen molar-refractivity contribution in [3.63, 3.8) is 0 Å². The molecule has 0 amide bonds. The third-order valence-electron chi connectivity index (χ3n) is 5.63. The van der Waals surface area contributed by atoms with E-state index >= 15 is 0 Å². The highest BCUT2D eigenvalue weighted by Crippen LogP contribution is 2.41. The molecule has 0 aliphatic rings. The van der Waals surface area contributed by atoms with Crippen LogP contribution < -0.4 is 0 Å². The smallest absolute Gasteiger partial charge is 0.337 e. The quantitative estimate of drug-likeness (QED) is 0.332. The first kappa shape index (κ1) is 24.5. The molecule has 5 nitrogen and oxygen atoms in total. The van der Waals surface area contributed by atoms with E-state index in [2.05, 4.69) is 16.8 Å². The number of halogens is 1. The number of hydrogen-bond acceptors (Lipinski definition) is 3. The molecule has 1 unspecified atom stereocenters. The minimum Gasteiger partial charge on any atom is -0.479 e. The van der Waals surface area contributed by atoms with E-state index in [0.717, 1.165) is 38.7 Å². The average Bonchev–Trinajstić information content (AvgIpc) is 3.20. The number of aryl methyl sites for hydroxylation is 2. The molecule has 0 saturated carbocycles. The lowest BCUT2D eigenvalue weighted by Gasteiger charge is -2.28. The molecule has 4 rings (SSSR count). The monoisotopic (exact) mass is 486 g/mol. The zero-order chi connectivity index (χ0) is 25.3. The first-order valence-corrected chi connectivity index (χ1v) is 11.6. The third kappa shape index (κ3) is 5.40. The van der Waals surface area contributed by atoms with Gasteiger partial charge < -0.3 is 14.4 Å². The number of nitrogens with zero attached hydrogens (tertiary/aromatic N) is 2. The van der Waals surface area contributed by atoms with Gasteiger partial charge in [-0.05, 0) is 85.3 Å². The Balaban J connectivity index is 2.01. The van der Waals surface area contributed by atoms with Gasteiger partial charge in [-0.25, -0.2) is 9.78 Å². The summed E-state index contributed by atoms with van der Waals surface area (Å²) in [5.41, 5.74) is 4.09. The van der Waals surface area contributed by atoms with Crippen LogP contribution in [0.2, 0.25) is 5.02 Å². The lowest BCUT2D eigenvalue weighted by molar-refractivity contribution is -0.160. The van der Waals surface area contributed by atoms with Crippen LogP contribution in [0.1, 0.15) is 49.3 Å². The number of hydrogen-bond donors (Lipinski definition) is 1. The molecule has 178 valence electrons. The summed E-state index contributed by atoms with van der Waals surface area (Å²) in [6.45, 7) is 7.49. The second kappa shape index (κ2) is 9.58. The van der Waals surface area contributed by atoms with Crippen molar-refractivity contribution in [2.45, 2.75) is 39.4 Å². The predicted molar refractivity (Wildman–Crippen MR) is 140 cm³/mol. The molecule has 6 heteroatoms. The Labute approximate surface area is 210 Å². The first-order valence-electron chi connectivity index (χ1n) is 11.3. The van der Waals surface area contributed by atoms with Gasteiger partial charge in [0, 0.05) is 23.2 Å². The lowest BCUT2D eigenvalue weighted by atomic mass is 9.86. The highest BCUT2D eigenvalue weighted by atomic mass is 35.5. The number of aromatic nitrogens is 2. The largest absolute Gasteiger partial charge is 0.479 e. The van der Waals surface area contributed by atoms with E-state index in [-0.39, 0.29) is 0 Å². The van der Waals surface area contributed by atoms with E-state index in [1.165, 1.54) is 0 Å². The highest BCUT2D eigenvalue weighted by molar-refractivity contribution is 6.30. The SMILES string of the molecule is Cc1cc2ccc(C#Cc3cncn3C)cc2c(-c2ccc(Cl)cc2)c1C(OC(C)(C)C)C(=O)O. The van der Waals surface area contributed by atoms with Crippen molar-refractivity contribution in [1.29, 1.82) is 0 Å². The van der Waals surface area contributed by atoms with E-state index in [4.69, 9.17) is 16.3 Å². The zero-order valence-corrected chi connectivity index (χ0v) is 21.1. The van der Waals surface area contributed by atoms with E-state index in [1.54, 1.807) is 24.7 Å². The molecular formula is C29H27ClN2O3. The Morgan fingerprint density at radius 1 is 1.11 bits per heavy atom. The fourth-order valence-electron chi connectivity index (χ4n) is 4.10. The summed E-state index contributed by atoms with van der Waals surface area (Å²) in [5.74, 6) is 5.33. The molecule has 3 aromatic carbocycles. The summed E-state index contributed by atoms with van der Waals surface area (Å²) < 4.78 is 7.93. The average molecular weight is 487 g/mol. The Hall–Kier alpha value is -3.59.